The van der Waals surface area contributed by atoms with E-state index < -0.39 is 0 Å². The minimum Gasteiger partial charge on any atom is -0.352 e. The number of fused-ring (bicyclic) bond motifs is 1. The normalized spacial score (nSPS) is 14.9. The zero-order valence-electron chi connectivity index (χ0n) is 13.5. The summed E-state index contributed by atoms with van der Waals surface area (Å²) in [5.41, 5.74) is 1.12. The number of rotatable bonds is 4. The molecule has 1 heterocycles. The highest BCUT2D eigenvalue weighted by atomic mass is 16.2. The van der Waals surface area contributed by atoms with Crippen LogP contribution in [-0.2, 0) is 11.3 Å². The average molecular weight is 309 g/mol. The molecule has 0 spiro atoms. The number of amides is 1. The average Bonchev–Trinajstić information content (AvgIpc) is 2.45. The van der Waals surface area contributed by atoms with Gasteiger partial charge in [0.15, 0.2) is 0 Å². The lowest BCUT2D eigenvalue weighted by Crippen LogP contribution is -2.43. The van der Waals surface area contributed by atoms with Crippen molar-refractivity contribution < 1.29 is 4.79 Å². The van der Waals surface area contributed by atoms with Crippen LogP contribution in [0.4, 0.5) is 0 Å². The molecule has 23 heavy (non-hydrogen) atoms. The molecule has 2 radical (unpaired) electrons. The third-order valence-corrected chi connectivity index (χ3v) is 4.32. The number of nitrogens with one attached hydrogen (secondary N) is 1. The molecular weight excluding hydrogens is 289 g/mol. The van der Waals surface area contributed by atoms with E-state index in [1.54, 1.807) is 18.2 Å². The van der Waals surface area contributed by atoms with Crippen molar-refractivity contribution in [2.24, 2.45) is 0 Å². The second kappa shape index (κ2) is 6.18. The van der Waals surface area contributed by atoms with E-state index in [2.05, 4.69) is 10.4 Å². The molecule has 1 aromatic heterocycles. The Labute approximate surface area is 136 Å². The fourth-order valence-corrected chi connectivity index (χ4v) is 2.82. The molecule has 0 bridgehead atoms. The van der Waals surface area contributed by atoms with E-state index in [0.717, 1.165) is 30.3 Å². The van der Waals surface area contributed by atoms with Crippen molar-refractivity contribution in [1.82, 2.24) is 15.1 Å². The fourth-order valence-electron chi connectivity index (χ4n) is 2.82. The molecule has 1 aliphatic rings. The Morgan fingerprint density at radius 1 is 1.39 bits per heavy atom. The van der Waals surface area contributed by atoms with E-state index >= 15 is 0 Å². The molecule has 1 fully saturated rings. The summed E-state index contributed by atoms with van der Waals surface area (Å²) in [5, 5.41) is 8.67. The minimum atomic E-state index is -0.256. The van der Waals surface area contributed by atoms with E-state index in [1.807, 2.05) is 13.8 Å². The number of hydrogen-bond acceptors (Lipinski definition) is 3. The first-order valence-electron chi connectivity index (χ1n) is 8.05. The van der Waals surface area contributed by atoms with Crippen molar-refractivity contribution in [3.63, 3.8) is 0 Å². The van der Waals surface area contributed by atoms with Gasteiger partial charge in [0.1, 0.15) is 14.4 Å². The first-order valence-corrected chi connectivity index (χ1v) is 8.05. The fraction of sp³-hybridized carbons (Fsp3) is 0.471. The maximum Gasteiger partial charge on any atom is 0.275 e. The molecule has 5 nitrogen and oxygen atoms in total. The summed E-state index contributed by atoms with van der Waals surface area (Å²) in [4.78, 5) is 24.7. The topological polar surface area (TPSA) is 64.0 Å². The lowest BCUT2D eigenvalue weighted by molar-refractivity contribution is -0.123. The SMILES string of the molecule is [B]c1ccc2c(=O)n(CC(=O)NC3CCC3)nc(C(C)C)c2c1. The van der Waals surface area contributed by atoms with Crippen LogP contribution in [0.5, 0.6) is 0 Å². The smallest absolute Gasteiger partial charge is 0.275 e. The third kappa shape index (κ3) is 3.16. The lowest BCUT2D eigenvalue weighted by Gasteiger charge is -2.26. The Hall–Kier alpha value is -2.11. The van der Waals surface area contributed by atoms with Gasteiger partial charge in [-0.15, -0.1) is 0 Å². The molecule has 1 saturated carbocycles. The molecular formula is C17H20BN3O2. The van der Waals surface area contributed by atoms with E-state index in [9.17, 15) is 9.59 Å². The van der Waals surface area contributed by atoms with Crippen LogP contribution in [0.25, 0.3) is 10.8 Å². The Morgan fingerprint density at radius 2 is 2.13 bits per heavy atom. The van der Waals surface area contributed by atoms with Crippen LogP contribution >= 0.6 is 0 Å². The molecule has 1 aliphatic carbocycles. The van der Waals surface area contributed by atoms with Crippen molar-refractivity contribution in [2.45, 2.75) is 51.6 Å². The summed E-state index contributed by atoms with van der Waals surface area (Å²) in [6.07, 6.45) is 3.18. The van der Waals surface area contributed by atoms with Crippen molar-refractivity contribution >= 4 is 30.0 Å². The Morgan fingerprint density at radius 3 is 2.74 bits per heavy atom. The zero-order valence-corrected chi connectivity index (χ0v) is 13.5. The van der Waals surface area contributed by atoms with Gasteiger partial charge in [-0.25, -0.2) is 4.68 Å². The van der Waals surface area contributed by atoms with Gasteiger partial charge in [0.25, 0.3) is 5.56 Å². The molecule has 3 rings (SSSR count). The number of hydrogen-bond donors (Lipinski definition) is 1. The highest BCUT2D eigenvalue weighted by Gasteiger charge is 2.20. The summed E-state index contributed by atoms with van der Waals surface area (Å²) < 4.78 is 1.27. The van der Waals surface area contributed by atoms with Crippen LogP contribution in [0.1, 0.15) is 44.7 Å². The second-order valence-corrected chi connectivity index (χ2v) is 6.50. The van der Waals surface area contributed by atoms with Crippen LogP contribution in [0, 0.1) is 0 Å². The number of aromatic nitrogens is 2. The summed E-state index contributed by atoms with van der Waals surface area (Å²) in [6, 6.07) is 5.44. The van der Waals surface area contributed by atoms with Crippen LogP contribution in [0.15, 0.2) is 23.0 Å². The highest BCUT2D eigenvalue weighted by molar-refractivity contribution is 6.33. The highest BCUT2D eigenvalue weighted by Crippen LogP contribution is 2.20. The molecule has 0 unspecified atom stereocenters. The Bertz CT molecular complexity index is 809. The van der Waals surface area contributed by atoms with E-state index in [-0.39, 0.29) is 30.0 Å². The maximum atomic E-state index is 12.6. The Balaban J connectivity index is 1.99. The quantitative estimate of drug-likeness (QED) is 0.857. The zero-order chi connectivity index (χ0) is 16.6. The molecule has 1 aromatic carbocycles. The molecule has 1 amide bonds. The van der Waals surface area contributed by atoms with Crippen molar-refractivity contribution in [3.05, 3.63) is 34.2 Å². The van der Waals surface area contributed by atoms with Crippen LogP contribution < -0.4 is 16.3 Å². The van der Waals surface area contributed by atoms with Crippen molar-refractivity contribution in [2.75, 3.05) is 0 Å². The predicted molar refractivity (Wildman–Crippen MR) is 91.3 cm³/mol. The first kappa shape index (κ1) is 15.8. The minimum absolute atomic E-state index is 0.0463. The molecule has 118 valence electrons. The van der Waals surface area contributed by atoms with Crippen molar-refractivity contribution in [1.29, 1.82) is 0 Å². The molecule has 0 aliphatic heterocycles. The third-order valence-electron chi connectivity index (χ3n) is 4.32. The molecule has 1 N–H and O–H groups in total. The monoisotopic (exact) mass is 309 g/mol. The molecule has 2 aromatic rings. The number of carbonyl (C=O) groups excluding carboxylic acids is 1. The van der Waals surface area contributed by atoms with Crippen LogP contribution in [0.2, 0.25) is 0 Å². The summed E-state index contributed by atoms with van der Waals surface area (Å²) in [7, 11) is 5.84. The van der Waals surface area contributed by atoms with Gasteiger partial charge >= 0.3 is 0 Å². The van der Waals surface area contributed by atoms with Gasteiger partial charge in [0, 0.05) is 11.4 Å². The number of benzene rings is 1. The van der Waals surface area contributed by atoms with Crippen LogP contribution in [-0.4, -0.2) is 29.6 Å². The number of carbonyl (C=O) groups is 1. The van der Waals surface area contributed by atoms with E-state index in [1.165, 1.54) is 4.68 Å². The van der Waals surface area contributed by atoms with Gasteiger partial charge in [0.2, 0.25) is 5.91 Å². The second-order valence-electron chi connectivity index (χ2n) is 6.50. The van der Waals surface area contributed by atoms with Gasteiger partial charge in [-0.05, 0) is 31.2 Å². The largest absolute Gasteiger partial charge is 0.352 e. The Kier molecular flexibility index (Phi) is 4.24. The predicted octanol–water partition coefficient (Wildman–Crippen LogP) is 0.982. The standard InChI is InChI=1S/C17H20BN3O2/c1-10(2)16-14-8-11(18)6-7-13(14)17(23)21(20-16)9-15(22)19-12-4-3-5-12/h6-8,10,12H,3-5,9H2,1-2H3,(H,19,22). The van der Waals surface area contributed by atoms with Gasteiger partial charge in [-0.1, -0.05) is 31.4 Å². The van der Waals surface area contributed by atoms with E-state index in [4.69, 9.17) is 7.85 Å². The number of nitrogens with zero attached hydrogens (tertiary/aromatic N) is 2. The van der Waals surface area contributed by atoms with Gasteiger partial charge in [-0.3, -0.25) is 9.59 Å². The lowest BCUT2D eigenvalue weighted by atomic mass is 9.92. The van der Waals surface area contributed by atoms with Gasteiger partial charge < -0.3 is 5.32 Å². The van der Waals surface area contributed by atoms with Gasteiger partial charge in [-0.2, -0.15) is 5.10 Å². The van der Waals surface area contributed by atoms with Crippen LogP contribution in [0.3, 0.4) is 0 Å². The summed E-state index contributed by atoms with van der Waals surface area (Å²) >= 11 is 0. The molecule has 0 saturated heterocycles. The first-order chi connectivity index (χ1) is 11.0. The van der Waals surface area contributed by atoms with Gasteiger partial charge in [0.05, 0.1) is 11.1 Å². The molecule has 0 atom stereocenters. The molecule has 6 heteroatoms. The summed E-state index contributed by atoms with van der Waals surface area (Å²) in [6.45, 7) is 3.97. The van der Waals surface area contributed by atoms with Crippen molar-refractivity contribution in [3.8, 4) is 0 Å². The van der Waals surface area contributed by atoms with E-state index in [0.29, 0.717) is 10.8 Å². The maximum absolute atomic E-state index is 12.6. The summed E-state index contributed by atoms with van der Waals surface area (Å²) in [5.74, 6) is -0.0327.